The average Bonchev–Trinajstić information content (AvgIpc) is 2.66. The monoisotopic (exact) mass is 260 g/mol. The fourth-order valence-electron chi connectivity index (χ4n) is 2.19. The van der Waals surface area contributed by atoms with Crippen LogP contribution in [0.15, 0.2) is 29.3 Å². The molecule has 0 saturated heterocycles. The largest absolute Gasteiger partial charge is 0.364 e. The molecule has 1 aliphatic rings. The van der Waals surface area contributed by atoms with E-state index >= 15 is 0 Å². The highest BCUT2D eigenvalue weighted by Crippen LogP contribution is 2.38. The van der Waals surface area contributed by atoms with Crippen LogP contribution in [0.1, 0.15) is 27.6 Å². The Hall–Kier alpha value is -1.68. The average molecular weight is 260 g/mol. The van der Waals surface area contributed by atoms with E-state index in [1.807, 2.05) is 38.1 Å². The highest BCUT2D eigenvalue weighted by atomic mass is 32.1. The fraction of sp³-hybridized carbons (Fsp3) is 0.214. The first-order valence-corrected chi connectivity index (χ1v) is 6.63. The number of benzene rings is 1. The molecule has 0 aliphatic carbocycles. The molecule has 2 nitrogen and oxygen atoms in total. The number of hydrogen-bond donors (Lipinski definition) is 1. The molecular weight excluding hydrogens is 247 g/mol. The van der Waals surface area contributed by atoms with Crippen LogP contribution in [-0.4, -0.2) is 6.34 Å². The number of hydrogen-bond acceptors (Lipinski definition) is 3. The van der Waals surface area contributed by atoms with E-state index in [1.165, 1.54) is 11.3 Å². The number of fused-ring (bicyclic) bond motifs is 1. The van der Waals surface area contributed by atoms with Crippen molar-refractivity contribution in [2.45, 2.75) is 19.9 Å². The molecule has 4 heteroatoms. The lowest BCUT2D eigenvalue weighted by molar-refractivity contribution is 0.647. The van der Waals surface area contributed by atoms with Crippen LogP contribution < -0.4 is 5.32 Å². The lowest BCUT2D eigenvalue weighted by Crippen LogP contribution is -2.23. The molecule has 2 aromatic rings. The highest BCUT2D eigenvalue weighted by molar-refractivity contribution is 7.10. The van der Waals surface area contributed by atoms with Crippen molar-refractivity contribution in [1.29, 1.82) is 0 Å². The van der Waals surface area contributed by atoms with Crippen LogP contribution >= 0.6 is 11.3 Å². The third kappa shape index (κ3) is 1.64. The Bertz CT molecular complexity index is 631. The summed E-state index contributed by atoms with van der Waals surface area (Å²) in [6.45, 7) is 3.80. The van der Waals surface area contributed by atoms with Gasteiger partial charge in [-0.1, -0.05) is 18.2 Å². The summed E-state index contributed by atoms with van der Waals surface area (Å²) in [6, 6.07) is 7.97. The molecule has 0 fully saturated rings. The van der Waals surface area contributed by atoms with E-state index in [0.717, 1.165) is 27.3 Å². The highest BCUT2D eigenvalue weighted by Gasteiger charge is 2.24. The standard InChI is InChI=1S/C14H13FN2S/c1-8-9(2)14(15)18-13(8)12-10-5-3-4-6-11(10)16-7-17-12/h3-7,12H,1-2H3,(H,16,17). The van der Waals surface area contributed by atoms with Crippen molar-refractivity contribution in [2.24, 2.45) is 4.99 Å². The number of halogens is 1. The van der Waals surface area contributed by atoms with Crippen molar-refractivity contribution in [3.63, 3.8) is 0 Å². The maximum absolute atomic E-state index is 13.7. The summed E-state index contributed by atoms with van der Waals surface area (Å²) in [4.78, 5) is 5.33. The van der Waals surface area contributed by atoms with Crippen LogP contribution in [0.25, 0.3) is 0 Å². The van der Waals surface area contributed by atoms with Gasteiger partial charge in [0.1, 0.15) is 0 Å². The van der Waals surface area contributed by atoms with Gasteiger partial charge in [-0.2, -0.15) is 4.39 Å². The van der Waals surface area contributed by atoms with Crippen molar-refractivity contribution < 1.29 is 4.39 Å². The van der Waals surface area contributed by atoms with E-state index in [1.54, 1.807) is 6.34 Å². The van der Waals surface area contributed by atoms with E-state index < -0.39 is 0 Å². The molecule has 3 rings (SSSR count). The van der Waals surface area contributed by atoms with Crippen LogP contribution in [0, 0.1) is 19.0 Å². The van der Waals surface area contributed by atoms with E-state index in [2.05, 4.69) is 10.3 Å². The van der Waals surface area contributed by atoms with Crippen molar-refractivity contribution >= 4 is 23.4 Å². The Morgan fingerprint density at radius 2 is 2.00 bits per heavy atom. The Morgan fingerprint density at radius 1 is 1.22 bits per heavy atom. The molecule has 1 atom stereocenters. The first kappa shape index (κ1) is 11.4. The summed E-state index contributed by atoms with van der Waals surface area (Å²) >= 11 is 1.22. The summed E-state index contributed by atoms with van der Waals surface area (Å²) in [5.41, 5.74) is 3.83. The second kappa shape index (κ2) is 4.21. The third-order valence-electron chi connectivity index (χ3n) is 3.38. The summed E-state index contributed by atoms with van der Waals surface area (Å²) in [7, 11) is 0. The summed E-state index contributed by atoms with van der Waals surface area (Å²) in [6.07, 6.45) is 1.69. The maximum Gasteiger partial charge on any atom is 0.179 e. The zero-order valence-corrected chi connectivity index (χ0v) is 11.0. The van der Waals surface area contributed by atoms with Gasteiger partial charge in [0.05, 0.1) is 18.1 Å². The van der Waals surface area contributed by atoms with Crippen molar-refractivity contribution in [3.8, 4) is 0 Å². The fourth-order valence-corrected chi connectivity index (χ4v) is 3.31. The summed E-state index contributed by atoms with van der Waals surface area (Å²) < 4.78 is 13.7. The molecule has 1 aliphatic heterocycles. The number of nitrogens with zero attached hydrogens (tertiary/aromatic N) is 1. The van der Waals surface area contributed by atoms with Gasteiger partial charge in [-0.15, -0.1) is 11.3 Å². The maximum atomic E-state index is 13.7. The molecule has 0 spiro atoms. The minimum atomic E-state index is -0.0932. The van der Waals surface area contributed by atoms with Gasteiger partial charge in [-0.05, 0) is 31.0 Å². The van der Waals surface area contributed by atoms with Crippen LogP contribution in [0.2, 0.25) is 0 Å². The lowest BCUT2D eigenvalue weighted by Gasteiger charge is -2.22. The minimum absolute atomic E-state index is 0.00639. The Labute approximate surface area is 109 Å². The lowest BCUT2D eigenvalue weighted by atomic mass is 9.99. The number of rotatable bonds is 1. The quantitative estimate of drug-likeness (QED) is 0.827. The second-order valence-corrected chi connectivity index (χ2v) is 5.41. The molecule has 18 heavy (non-hydrogen) atoms. The van der Waals surface area contributed by atoms with Gasteiger partial charge in [-0.3, -0.25) is 0 Å². The zero-order chi connectivity index (χ0) is 12.7. The second-order valence-electron chi connectivity index (χ2n) is 4.41. The van der Waals surface area contributed by atoms with Crippen LogP contribution in [0.4, 0.5) is 10.1 Å². The molecule has 1 unspecified atom stereocenters. The van der Waals surface area contributed by atoms with Crippen LogP contribution in [-0.2, 0) is 0 Å². The first-order chi connectivity index (χ1) is 8.68. The summed E-state index contributed by atoms with van der Waals surface area (Å²) in [5.74, 6) is 0. The molecule has 1 aromatic heterocycles. The topological polar surface area (TPSA) is 24.4 Å². The molecule has 0 radical (unpaired) electrons. The van der Waals surface area contributed by atoms with Gasteiger partial charge < -0.3 is 5.32 Å². The molecule has 1 N–H and O–H groups in total. The zero-order valence-electron chi connectivity index (χ0n) is 10.2. The smallest absolute Gasteiger partial charge is 0.179 e. The molecule has 0 saturated carbocycles. The Morgan fingerprint density at radius 3 is 2.72 bits per heavy atom. The van der Waals surface area contributed by atoms with Crippen molar-refractivity contribution in [2.75, 3.05) is 0 Å². The molecule has 0 amide bonds. The van der Waals surface area contributed by atoms with Gasteiger partial charge in [0.2, 0.25) is 0 Å². The molecule has 92 valence electrons. The van der Waals surface area contributed by atoms with Crippen molar-refractivity contribution in [3.05, 3.63) is 51.0 Å². The predicted octanol–water partition coefficient (Wildman–Crippen LogP) is 3.86. The van der Waals surface area contributed by atoms with E-state index in [9.17, 15) is 4.39 Å². The Balaban J connectivity index is 2.13. The molecular formula is C14H13FN2S. The minimum Gasteiger partial charge on any atom is -0.364 e. The summed E-state index contributed by atoms with van der Waals surface area (Å²) in [5, 5.41) is 3.13. The van der Waals surface area contributed by atoms with Crippen LogP contribution in [0.3, 0.4) is 0 Å². The van der Waals surface area contributed by atoms with Gasteiger partial charge >= 0.3 is 0 Å². The number of aliphatic imine (C=N–C) groups is 1. The molecule has 0 bridgehead atoms. The van der Waals surface area contributed by atoms with E-state index in [4.69, 9.17) is 0 Å². The molecule has 2 heterocycles. The van der Waals surface area contributed by atoms with Gasteiger partial charge in [-0.25, -0.2) is 4.99 Å². The van der Waals surface area contributed by atoms with E-state index in [-0.39, 0.29) is 11.2 Å². The predicted molar refractivity (Wildman–Crippen MR) is 73.3 cm³/mol. The third-order valence-corrected chi connectivity index (χ3v) is 4.63. The number of nitrogens with one attached hydrogen (secondary N) is 1. The SMILES string of the molecule is Cc1c(F)sc(C2NC=Nc3ccccc32)c1C. The first-order valence-electron chi connectivity index (χ1n) is 5.81. The molecule has 1 aromatic carbocycles. The van der Waals surface area contributed by atoms with E-state index in [0.29, 0.717) is 0 Å². The van der Waals surface area contributed by atoms with Gasteiger partial charge in [0, 0.05) is 10.4 Å². The Kier molecular flexibility index (Phi) is 2.67. The normalized spacial score (nSPS) is 17.4. The number of para-hydroxylation sites is 1. The van der Waals surface area contributed by atoms with Crippen molar-refractivity contribution in [1.82, 2.24) is 5.32 Å². The number of thiophene rings is 1. The van der Waals surface area contributed by atoms with Crippen LogP contribution in [0.5, 0.6) is 0 Å². The van der Waals surface area contributed by atoms with Gasteiger partial charge in [0.25, 0.3) is 0 Å². The van der Waals surface area contributed by atoms with Gasteiger partial charge in [0.15, 0.2) is 5.13 Å².